The first-order valence-electron chi connectivity index (χ1n) is 6.11. The lowest BCUT2D eigenvalue weighted by molar-refractivity contribution is 0.0873. The van der Waals surface area contributed by atoms with E-state index in [-0.39, 0.29) is 6.61 Å². The first kappa shape index (κ1) is 12.0. The summed E-state index contributed by atoms with van der Waals surface area (Å²) in [6.07, 6.45) is -0.775. The summed E-state index contributed by atoms with van der Waals surface area (Å²) in [6, 6.07) is 11.8. The topological polar surface area (TPSA) is 55.5 Å². The molecule has 0 saturated carbocycles. The Morgan fingerprint density at radius 1 is 1.16 bits per heavy atom. The van der Waals surface area contributed by atoms with E-state index in [2.05, 4.69) is 0 Å². The minimum absolute atomic E-state index is 0.249. The molecule has 0 spiro atoms. The summed E-state index contributed by atoms with van der Waals surface area (Å²) < 4.78 is 19.5. The third-order valence-corrected chi connectivity index (χ3v) is 3.46. The zero-order valence-corrected chi connectivity index (χ0v) is 10.2. The Morgan fingerprint density at radius 2 is 1.95 bits per heavy atom. The fraction of sp³-hybridized carbons (Fsp3) is 0.200. The van der Waals surface area contributed by atoms with E-state index in [1.165, 1.54) is 6.07 Å². The van der Waals surface area contributed by atoms with E-state index >= 15 is 0 Å². The quantitative estimate of drug-likeness (QED) is 0.774. The van der Waals surface area contributed by atoms with Gasteiger partial charge in [-0.25, -0.2) is 4.39 Å². The normalized spacial score (nSPS) is 21.6. The average molecular weight is 259 g/mol. The summed E-state index contributed by atoms with van der Waals surface area (Å²) >= 11 is 0. The van der Waals surface area contributed by atoms with Gasteiger partial charge in [-0.15, -0.1) is 0 Å². The van der Waals surface area contributed by atoms with Gasteiger partial charge >= 0.3 is 0 Å². The molecule has 98 valence electrons. The fourth-order valence-electron chi connectivity index (χ4n) is 2.45. The van der Waals surface area contributed by atoms with Crippen molar-refractivity contribution in [2.24, 2.45) is 0 Å². The Kier molecular flexibility index (Phi) is 2.87. The molecule has 0 saturated heterocycles. The maximum atomic E-state index is 13.9. The number of ether oxygens (including phenoxy) is 1. The number of hydrogen-bond acceptors (Lipinski definition) is 3. The van der Waals surface area contributed by atoms with Crippen molar-refractivity contribution in [3.63, 3.8) is 0 Å². The van der Waals surface area contributed by atoms with Gasteiger partial charge in [-0.05, 0) is 23.8 Å². The van der Waals surface area contributed by atoms with Crippen LogP contribution in [-0.4, -0.2) is 11.7 Å². The van der Waals surface area contributed by atoms with Crippen LogP contribution in [0.5, 0.6) is 5.75 Å². The average Bonchev–Trinajstić information content (AvgIpc) is 2.41. The van der Waals surface area contributed by atoms with Crippen LogP contribution in [0.3, 0.4) is 0 Å². The molecule has 1 heterocycles. The maximum absolute atomic E-state index is 13.9. The molecule has 3 N–H and O–H groups in total. The lowest BCUT2D eigenvalue weighted by Crippen LogP contribution is -2.25. The van der Waals surface area contributed by atoms with Gasteiger partial charge in [-0.3, -0.25) is 0 Å². The van der Waals surface area contributed by atoms with Gasteiger partial charge in [-0.2, -0.15) is 0 Å². The van der Waals surface area contributed by atoms with E-state index in [1.54, 1.807) is 24.3 Å². The van der Waals surface area contributed by atoms with Gasteiger partial charge < -0.3 is 15.6 Å². The molecular formula is C15H14FNO2. The van der Waals surface area contributed by atoms with Gasteiger partial charge in [0.2, 0.25) is 0 Å². The summed E-state index contributed by atoms with van der Waals surface area (Å²) in [4.78, 5) is 0. The van der Waals surface area contributed by atoms with Gasteiger partial charge in [0.1, 0.15) is 11.6 Å². The summed E-state index contributed by atoms with van der Waals surface area (Å²) in [5.74, 6) is -0.176. The molecule has 2 aromatic carbocycles. The van der Waals surface area contributed by atoms with Crippen LogP contribution in [0.4, 0.5) is 10.1 Å². The minimum Gasteiger partial charge on any atom is -0.492 e. The molecule has 2 unspecified atom stereocenters. The first-order valence-corrected chi connectivity index (χ1v) is 6.11. The second-order valence-electron chi connectivity index (χ2n) is 4.68. The number of rotatable bonds is 1. The zero-order valence-electron chi connectivity index (χ0n) is 10.2. The maximum Gasteiger partial charge on any atom is 0.128 e. The Labute approximate surface area is 110 Å². The summed E-state index contributed by atoms with van der Waals surface area (Å²) in [7, 11) is 0. The number of aliphatic hydroxyl groups excluding tert-OH is 1. The third-order valence-electron chi connectivity index (χ3n) is 3.46. The van der Waals surface area contributed by atoms with E-state index in [0.717, 1.165) is 0 Å². The van der Waals surface area contributed by atoms with Crippen molar-refractivity contribution in [1.29, 1.82) is 0 Å². The molecule has 2 aromatic rings. The van der Waals surface area contributed by atoms with E-state index < -0.39 is 17.8 Å². The number of fused-ring (bicyclic) bond motifs is 1. The predicted octanol–water partition coefficient (Wildman–Crippen LogP) is 2.62. The van der Waals surface area contributed by atoms with Gasteiger partial charge in [0.25, 0.3) is 0 Å². The van der Waals surface area contributed by atoms with Crippen LogP contribution >= 0.6 is 0 Å². The highest BCUT2D eigenvalue weighted by atomic mass is 19.1. The highest BCUT2D eigenvalue weighted by Gasteiger charge is 2.31. The molecule has 0 fully saturated rings. The number of para-hydroxylation sites is 1. The molecular weight excluding hydrogens is 245 g/mol. The van der Waals surface area contributed by atoms with Crippen molar-refractivity contribution < 1.29 is 14.2 Å². The number of aliphatic hydroxyl groups is 1. The lowest BCUT2D eigenvalue weighted by atomic mass is 9.87. The van der Waals surface area contributed by atoms with Crippen LogP contribution < -0.4 is 10.5 Å². The predicted molar refractivity (Wildman–Crippen MR) is 70.5 cm³/mol. The zero-order chi connectivity index (χ0) is 13.4. The molecule has 4 heteroatoms. The molecule has 0 aromatic heterocycles. The summed E-state index contributed by atoms with van der Waals surface area (Å²) in [6.45, 7) is 0.249. The third kappa shape index (κ3) is 2.04. The van der Waals surface area contributed by atoms with Crippen LogP contribution in [0, 0.1) is 5.82 Å². The number of nitrogen functional groups attached to an aromatic ring is 1. The van der Waals surface area contributed by atoms with Crippen molar-refractivity contribution in [2.45, 2.75) is 12.0 Å². The SMILES string of the molecule is Nc1ccc(C2COc3ccccc3C2O)c(F)c1. The van der Waals surface area contributed by atoms with Gasteiger partial charge in [0.15, 0.2) is 0 Å². The second-order valence-corrected chi connectivity index (χ2v) is 4.68. The van der Waals surface area contributed by atoms with Crippen molar-refractivity contribution in [2.75, 3.05) is 12.3 Å². The largest absolute Gasteiger partial charge is 0.492 e. The molecule has 2 atom stereocenters. The summed E-state index contributed by atoms with van der Waals surface area (Å²) in [5.41, 5.74) is 7.02. The molecule has 1 aliphatic heterocycles. The number of nitrogens with two attached hydrogens (primary N) is 1. The highest BCUT2D eigenvalue weighted by Crippen LogP contribution is 2.41. The monoisotopic (exact) mass is 259 g/mol. The van der Waals surface area contributed by atoms with Crippen LogP contribution in [0.2, 0.25) is 0 Å². The number of hydrogen-bond donors (Lipinski definition) is 2. The standard InChI is InChI=1S/C15H14FNO2/c16-13-7-9(17)5-6-10(13)12-8-19-14-4-2-1-3-11(14)15(12)18/h1-7,12,15,18H,8,17H2. The van der Waals surface area contributed by atoms with Crippen molar-refractivity contribution in [1.82, 2.24) is 0 Å². The molecule has 3 rings (SSSR count). The minimum atomic E-state index is -0.775. The van der Waals surface area contributed by atoms with Gasteiger partial charge in [0.05, 0.1) is 18.6 Å². The van der Waals surface area contributed by atoms with Gasteiger partial charge in [0, 0.05) is 11.3 Å². The molecule has 3 nitrogen and oxygen atoms in total. The molecule has 19 heavy (non-hydrogen) atoms. The number of halogens is 1. The van der Waals surface area contributed by atoms with Gasteiger partial charge in [-0.1, -0.05) is 24.3 Å². The number of anilines is 1. The molecule has 0 bridgehead atoms. The Morgan fingerprint density at radius 3 is 2.74 bits per heavy atom. The lowest BCUT2D eigenvalue weighted by Gasteiger charge is -2.30. The molecule has 1 aliphatic rings. The van der Waals surface area contributed by atoms with Crippen LogP contribution in [-0.2, 0) is 0 Å². The fourth-order valence-corrected chi connectivity index (χ4v) is 2.45. The summed E-state index contributed by atoms with van der Waals surface area (Å²) in [5, 5.41) is 10.4. The van der Waals surface area contributed by atoms with E-state index in [9.17, 15) is 9.50 Å². The Balaban J connectivity index is 2.00. The highest BCUT2D eigenvalue weighted by molar-refractivity contribution is 5.44. The van der Waals surface area contributed by atoms with Crippen LogP contribution in [0.25, 0.3) is 0 Å². The van der Waals surface area contributed by atoms with Crippen LogP contribution in [0.1, 0.15) is 23.1 Å². The molecule has 0 radical (unpaired) electrons. The van der Waals surface area contributed by atoms with Crippen molar-refractivity contribution in [3.05, 3.63) is 59.4 Å². The van der Waals surface area contributed by atoms with E-state index in [0.29, 0.717) is 22.6 Å². The Hall–Kier alpha value is -2.07. The van der Waals surface area contributed by atoms with Crippen molar-refractivity contribution in [3.8, 4) is 5.75 Å². The van der Waals surface area contributed by atoms with E-state index in [1.807, 2.05) is 12.1 Å². The molecule has 0 aliphatic carbocycles. The number of benzene rings is 2. The van der Waals surface area contributed by atoms with Crippen molar-refractivity contribution >= 4 is 5.69 Å². The first-order chi connectivity index (χ1) is 9.16. The van der Waals surface area contributed by atoms with E-state index in [4.69, 9.17) is 10.5 Å². The van der Waals surface area contributed by atoms with Crippen LogP contribution in [0.15, 0.2) is 42.5 Å². The smallest absolute Gasteiger partial charge is 0.128 e. The Bertz CT molecular complexity index is 615. The molecule has 0 amide bonds. The second kappa shape index (κ2) is 4.55.